The lowest BCUT2D eigenvalue weighted by molar-refractivity contribution is 0.0221. The van der Waals surface area contributed by atoms with Crippen molar-refractivity contribution in [3.63, 3.8) is 0 Å². The van der Waals surface area contributed by atoms with Gasteiger partial charge >= 0.3 is 6.09 Å². The summed E-state index contributed by atoms with van der Waals surface area (Å²) in [6.45, 7) is 6.44. The van der Waals surface area contributed by atoms with Crippen molar-refractivity contribution < 1.29 is 23.8 Å². The van der Waals surface area contributed by atoms with Crippen LogP contribution in [0.4, 0.5) is 10.6 Å². The van der Waals surface area contributed by atoms with E-state index in [1.54, 1.807) is 4.90 Å². The Morgan fingerprint density at radius 2 is 2.00 bits per heavy atom. The van der Waals surface area contributed by atoms with E-state index >= 15 is 0 Å². The number of carbonyl (C=O) groups is 2. The van der Waals surface area contributed by atoms with Gasteiger partial charge in [-0.1, -0.05) is 6.07 Å². The summed E-state index contributed by atoms with van der Waals surface area (Å²) in [5.74, 6) is 1.56. The lowest BCUT2D eigenvalue weighted by Gasteiger charge is -2.29. The molecule has 0 radical (unpaired) electrons. The topological polar surface area (TPSA) is 109 Å². The van der Waals surface area contributed by atoms with Crippen LogP contribution >= 0.6 is 0 Å². The van der Waals surface area contributed by atoms with Gasteiger partial charge in [0.15, 0.2) is 11.5 Å². The van der Waals surface area contributed by atoms with E-state index < -0.39 is 11.7 Å². The van der Waals surface area contributed by atoms with Crippen LogP contribution in [0.25, 0.3) is 0 Å². The Kier molecular flexibility index (Phi) is 5.05. The Labute approximate surface area is 174 Å². The van der Waals surface area contributed by atoms with Crippen LogP contribution < -0.4 is 15.2 Å². The van der Waals surface area contributed by atoms with Crippen molar-refractivity contribution in [1.82, 2.24) is 14.7 Å². The number of nitrogen functional groups attached to an aromatic ring is 1. The summed E-state index contributed by atoms with van der Waals surface area (Å²) in [5, 5.41) is 4.40. The molecule has 0 saturated carbocycles. The van der Waals surface area contributed by atoms with Gasteiger partial charge in [-0.15, -0.1) is 0 Å². The third-order valence-corrected chi connectivity index (χ3v) is 5.03. The molecule has 0 unspecified atom stereocenters. The van der Waals surface area contributed by atoms with Crippen molar-refractivity contribution in [2.45, 2.75) is 52.2 Å². The highest BCUT2D eigenvalue weighted by Gasteiger charge is 2.30. The second-order valence-corrected chi connectivity index (χ2v) is 8.46. The minimum Gasteiger partial charge on any atom is -0.454 e. The normalized spacial score (nSPS) is 15.1. The lowest BCUT2D eigenvalue weighted by Crippen LogP contribution is -2.39. The number of carbonyl (C=O) groups excluding carboxylic acids is 2. The molecule has 2 N–H and O–H groups in total. The molecule has 4 rings (SSSR count). The monoisotopic (exact) mass is 414 g/mol. The number of nitrogens with two attached hydrogens (primary N) is 1. The molecule has 0 atom stereocenters. The number of nitrogens with zero attached hydrogens (tertiary/aromatic N) is 3. The molecule has 0 bridgehead atoms. The first-order chi connectivity index (χ1) is 14.2. The zero-order valence-corrected chi connectivity index (χ0v) is 17.4. The molecular formula is C21H26N4O5. The lowest BCUT2D eigenvalue weighted by atomic mass is 10.1. The van der Waals surface area contributed by atoms with Crippen LogP contribution in [-0.4, -0.2) is 45.6 Å². The molecule has 9 nitrogen and oxygen atoms in total. The first-order valence-electron chi connectivity index (χ1n) is 9.97. The van der Waals surface area contributed by atoms with E-state index in [-0.39, 0.29) is 25.7 Å². The number of anilines is 1. The van der Waals surface area contributed by atoms with Crippen LogP contribution in [0.1, 0.15) is 48.8 Å². The summed E-state index contributed by atoms with van der Waals surface area (Å²) in [6.07, 6.45) is 0.926. The molecule has 0 spiro atoms. The molecule has 3 heterocycles. The maximum Gasteiger partial charge on any atom is 0.410 e. The van der Waals surface area contributed by atoms with Crippen molar-refractivity contribution in [1.29, 1.82) is 0 Å². The standard InChI is InChI=1S/C21H26N4O5/c1-21(2,3)30-20(27)24-9-8-14-15(11-24)23-25(19(14)22)18(26)7-5-13-4-6-16-17(10-13)29-12-28-16/h4,6,10H,5,7-9,11-12,22H2,1-3H3. The molecule has 9 heteroatoms. The van der Waals surface area contributed by atoms with E-state index in [1.165, 1.54) is 4.68 Å². The highest BCUT2D eigenvalue weighted by molar-refractivity contribution is 5.82. The van der Waals surface area contributed by atoms with Crippen LogP contribution in [0.2, 0.25) is 0 Å². The summed E-state index contributed by atoms with van der Waals surface area (Å²) < 4.78 is 17.4. The fourth-order valence-electron chi connectivity index (χ4n) is 3.54. The van der Waals surface area contributed by atoms with Crippen molar-refractivity contribution in [3.05, 3.63) is 35.0 Å². The highest BCUT2D eigenvalue weighted by Crippen LogP contribution is 2.33. The summed E-state index contributed by atoms with van der Waals surface area (Å²) >= 11 is 0. The summed E-state index contributed by atoms with van der Waals surface area (Å²) in [6, 6.07) is 5.64. The van der Waals surface area contributed by atoms with Gasteiger partial charge in [-0.3, -0.25) is 4.79 Å². The minimum atomic E-state index is -0.569. The molecular weight excluding hydrogens is 388 g/mol. The van der Waals surface area contributed by atoms with Crippen molar-refractivity contribution in [3.8, 4) is 11.5 Å². The van der Waals surface area contributed by atoms with Gasteiger partial charge in [0.2, 0.25) is 12.7 Å². The Bertz CT molecular complexity index is 992. The number of aromatic nitrogens is 2. The third-order valence-electron chi connectivity index (χ3n) is 5.03. The number of ether oxygens (including phenoxy) is 3. The van der Waals surface area contributed by atoms with E-state index in [4.69, 9.17) is 19.9 Å². The van der Waals surface area contributed by atoms with Gasteiger partial charge in [-0.05, 0) is 51.3 Å². The summed E-state index contributed by atoms with van der Waals surface area (Å²) in [5.41, 5.74) is 8.07. The number of benzene rings is 1. The Balaban J connectivity index is 1.42. The van der Waals surface area contributed by atoms with Gasteiger partial charge in [-0.25, -0.2) is 4.79 Å². The largest absolute Gasteiger partial charge is 0.454 e. The van der Waals surface area contributed by atoms with E-state index in [2.05, 4.69) is 5.10 Å². The maximum atomic E-state index is 12.8. The van der Waals surface area contributed by atoms with E-state index in [1.807, 2.05) is 39.0 Å². The zero-order chi connectivity index (χ0) is 21.5. The predicted molar refractivity (Wildman–Crippen MR) is 108 cm³/mol. The smallest absolute Gasteiger partial charge is 0.410 e. The van der Waals surface area contributed by atoms with E-state index in [9.17, 15) is 9.59 Å². The molecule has 1 amide bonds. The number of rotatable bonds is 3. The molecule has 160 valence electrons. The third kappa shape index (κ3) is 4.05. The molecule has 0 saturated heterocycles. The average molecular weight is 414 g/mol. The molecule has 0 fully saturated rings. The molecule has 0 aliphatic carbocycles. The van der Waals surface area contributed by atoms with Crippen LogP contribution in [0, 0.1) is 0 Å². The van der Waals surface area contributed by atoms with E-state index in [0.29, 0.717) is 42.4 Å². The number of amides is 1. The molecule has 1 aromatic heterocycles. The SMILES string of the molecule is CC(C)(C)OC(=O)N1CCc2c(nn(C(=O)CCc3ccc4c(c3)OCO4)c2N)C1. The number of hydrogen-bond donors (Lipinski definition) is 1. The van der Waals surface area contributed by atoms with Crippen molar-refractivity contribution in [2.24, 2.45) is 0 Å². The summed E-state index contributed by atoms with van der Waals surface area (Å²) in [4.78, 5) is 26.7. The first kappa shape index (κ1) is 20.1. The van der Waals surface area contributed by atoms with Gasteiger partial charge in [0.25, 0.3) is 0 Å². The molecule has 2 aliphatic rings. The Hall–Kier alpha value is -3.23. The second-order valence-electron chi connectivity index (χ2n) is 8.46. The van der Waals surface area contributed by atoms with Crippen LogP contribution in [-0.2, 0) is 24.1 Å². The minimum absolute atomic E-state index is 0.191. The average Bonchev–Trinajstić information content (AvgIpc) is 3.28. The fourth-order valence-corrected chi connectivity index (χ4v) is 3.54. The summed E-state index contributed by atoms with van der Waals surface area (Å²) in [7, 11) is 0. The predicted octanol–water partition coefficient (Wildman–Crippen LogP) is 2.76. The van der Waals surface area contributed by atoms with Gasteiger partial charge < -0.3 is 24.8 Å². The second kappa shape index (κ2) is 7.55. The van der Waals surface area contributed by atoms with Gasteiger partial charge in [0.05, 0.1) is 12.2 Å². The van der Waals surface area contributed by atoms with Crippen LogP contribution in [0.5, 0.6) is 11.5 Å². The maximum absolute atomic E-state index is 12.8. The molecule has 30 heavy (non-hydrogen) atoms. The fraction of sp³-hybridized carbons (Fsp3) is 0.476. The highest BCUT2D eigenvalue weighted by atomic mass is 16.7. The van der Waals surface area contributed by atoms with Crippen LogP contribution in [0.3, 0.4) is 0 Å². The Morgan fingerprint density at radius 1 is 1.23 bits per heavy atom. The Morgan fingerprint density at radius 3 is 2.77 bits per heavy atom. The van der Waals surface area contributed by atoms with Gasteiger partial charge in [-0.2, -0.15) is 9.78 Å². The number of fused-ring (bicyclic) bond motifs is 2. The molecule has 1 aromatic carbocycles. The zero-order valence-electron chi connectivity index (χ0n) is 17.4. The van der Waals surface area contributed by atoms with Crippen molar-refractivity contribution in [2.75, 3.05) is 19.1 Å². The number of hydrogen-bond acceptors (Lipinski definition) is 7. The number of aryl methyl sites for hydroxylation is 1. The van der Waals surface area contributed by atoms with Crippen LogP contribution in [0.15, 0.2) is 18.2 Å². The van der Waals surface area contributed by atoms with Gasteiger partial charge in [0, 0.05) is 18.5 Å². The van der Waals surface area contributed by atoms with Crippen molar-refractivity contribution >= 4 is 17.8 Å². The van der Waals surface area contributed by atoms with E-state index in [0.717, 1.165) is 11.1 Å². The first-order valence-corrected chi connectivity index (χ1v) is 9.97. The molecule has 2 aromatic rings. The van der Waals surface area contributed by atoms with Gasteiger partial charge in [0.1, 0.15) is 11.4 Å². The quantitative estimate of drug-likeness (QED) is 0.822. The molecule has 2 aliphatic heterocycles.